The van der Waals surface area contributed by atoms with Gasteiger partial charge in [0.25, 0.3) is 0 Å². The molecule has 2 aromatic rings. The summed E-state index contributed by atoms with van der Waals surface area (Å²) in [5.74, 6) is 1.85. The molecular weight excluding hydrogens is 394 g/mol. The molecule has 0 spiro atoms. The van der Waals surface area contributed by atoms with Crippen molar-refractivity contribution in [1.82, 2.24) is 20.5 Å². The number of aromatic nitrogens is 1. The number of piperidine rings is 1. The van der Waals surface area contributed by atoms with E-state index < -0.39 is 0 Å². The molecule has 1 unspecified atom stereocenters. The molecule has 6 nitrogen and oxygen atoms in total. The molecule has 4 rings (SSSR count). The van der Waals surface area contributed by atoms with Crippen molar-refractivity contribution in [3.63, 3.8) is 0 Å². The van der Waals surface area contributed by atoms with Crippen molar-refractivity contribution in [1.29, 1.82) is 0 Å². The predicted molar refractivity (Wildman–Crippen MR) is 123 cm³/mol. The van der Waals surface area contributed by atoms with Crippen molar-refractivity contribution in [3.8, 4) is 0 Å². The smallest absolute Gasteiger partial charge is 0.315 e. The van der Waals surface area contributed by atoms with E-state index in [1.54, 1.807) is 11.3 Å². The zero-order chi connectivity index (χ0) is 20.8. The molecule has 2 saturated heterocycles. The summed E-state index contributed by atoms with van der Waals surface area (Å²) >= 11 is 1.77. The van der Waals surface area contributed by atoms with Gasteiger partial charge in [0.15, 0.2) is 0 Å². The Morgan fingerprint density at radius 3 is 2.63 bits per heavy atom. The molecule has 162 valence electrons. The fraction of sp³-hybridized carbons (Fsp3) is 0.565. The third-order valence-electron chi connectivity index (χ3n) is 6.28. The van der Waals surface area contributed by atoms with Crippen LogP contribution in [0.15, 0.2) is 35.8 Å². The molecule has 4 heterocycles. The van der Waals surface area contributed by atoms with Crippen LogP contribution in [0.5, 0.6) is 0 Å². The van der Waals surface area contributed by atoms with Gasteiger partial charge >= 0.3 is 6.03 Å². The molecule has 0 bridgehead atoms. The van der Waals surface area contributed by atoms with Gasteiger partial charge in [-0.25, -0.2) is 9.78 Å². The van der Waals surface area contributed by atoms with Gasteiger partial charge in [0.05, 0.1) is 6.04 Å². The number of rotatable bonds is 7. The van der Waals surface area contributed by atoms with Crippen molar-refractivity contribution >= 4 is 23.2 Å². The maximum atomic E-state index is 12.4. The van der Waals surface area contributed by atoms with Crippen LogP contribution < -0.4 is 15.5 Å². The normalized spacial score (nSPS) is 19.0. The number of anilines is 1. The molecule has 2 aromatic heterocycles. The Hall–Kier alpha value is -2.12. The Morgan fingerprint density at radius 2 is 1.97 bits per heavy atom. The molecule has 2 N–H and O–H groups in total. The van der Waals surface area contributed by atoms with Crippen LogP contribution in [-0.2, 0) is 6.54 Å². The minimum Gasteiger partial charge on any atom is -0.357 e. The van der Waals surface area contributed by atoms with Gasteiger partial charge in [-0.15, -0.1) is 11.3 Å². The summed E-state index contributed by atoms with van der Waals surface area (Å²) in [5, 5.41) is 8.16. The van der Waals surface area contributed by atoms with Crippen LogP contribution in [-0.4, -0.2) is 48.6 Å². The van der Waals surface area contributed by atoms with E-state index in [1.807, 2.05) is 6.20 Å². The molecule has 0 radical (unpaired) electrons. The Kier molecular flexibility index (Phi) is 7.23. The van der Waals surface area contributed by atoms with Crippen molar-refractivity contribution < 1.29 is 4.79 Å². The minimum absolute atomic E-state index is 0.121. The molecule has 2 aliphatic rings. The lowest BCUT2D eigenvalue weighted by atomic mass is 9.99. The highest BCUT2D eigenvalue weighted by Crippen LogP contribution is 2.27. The first-order chi connectivity index (χ1) is 14.7. The number of pyridine rings is 1. The summed E-state index contributed by atoms with van der Waals surface area (Å²) in [6.45, 7) is 7.83. The highest BCUT2D eigenvalue weighted by atomic mass is 32.1. The van der Waals surface area contributed by atoms with Crippen LogP contribution in [0.25, 0.3) is 0 Å². The molecule has 2 fully saturated rings. The Balaban J connectivity index is 1.24. The topological polar surface area (TPSA) is 60.5 Å². The van der Waals surface area contributed by atoms with Gasteiger partial charge in [-0.3, -0.25) is 4.90 Å². The Bertz CT molecular complexity index is 780. The Morgan fingerprint density at radius 1 is 1.17 bits per heavy atom. The van der Waals surface area contributed by atoms with E-state index in [1.165, 1.54) is 30.6 Å². The molecule has 30 heavy (non-hydrogen) atoms. The first-order valence-corrected chi connectivity index (χ1v) is 12.1. The number of hydrogen-bond donors (Lipinski definition) is 2. The summed E-state index contributed by atoms with van der Waals surface area (Å²) in [5.41, 5.74) is 1.02. The number of thiophene rings is 1. The molecular formula is C23H33N5OS. The van der Waals surface area contributed by atoms with Gasteiger partial charge in [0, 0.05) is 37.3 Å². The second-order valence-electron chi connectivity index (χ2n) is 8.53. The van der Waals surface area contributed by atoms with Crippen molar-refractivity contribution in [3.05, 3.63) is 46.3 Å². The summed E-state index contributed by atoms with van der Waals surface area (Å²) in [6, 6.07) is 8.55. The number of carbonyl (C=O) groups excluding carboxylic acids is 1. The highest BCUT2D eigenvalue weighted by molar-refractivity contribution is 7.10. The molecule has 7 heteroatoms. The molecule has 0 aromatic carbocycles. The summed E-state index contributed by atoms with van der Waals surface area (Å²) < 4.78 is 0. The van der Waals surface area contributed by atoms with E-state index in [-0.39, 0.29) is 12.1 Å². The zero-order valence-corrected chi connectivity index (χ0v) is 18.7. The monoisotopic (exact) mass is 427 g/mol. The second-order valence-corrected chi connectivity index (χ2v) is 9.51. The van der Waals surface area contributed by atoms with E-state index in [9.17, 15) is 4.79 Å². The average molecular weight is 428 g/mol. The summed E-state index contributed by atoms with van der Waals surface area (Å²) in [7, 11) is 0. The lowest BCUT2D eigenvalue weighted by Crippen LogP contribution is -2.41. The van der Waals surface area contributed by atoms with Crippen LogP contribution in [0, 0.1) is 5.92 Å². The molecule has 2 aliphatic heterocycles. The highest BCUT2D eigenvalue weighted by Gasteiger charge is 2.24. The number of urea groups is 1. The van der Waals surface area contributed by atoms with E-state index >= 15 is 0 Å². The third-order valence-corrected chi connectivity index (χ3v) is 7.25. The largest absolute Gasteiger partial charge is 0.357 e. The van der Waals surface area contributed by atoms with Crippen LogP contribution in [0.1, 0.15) is 49.1 Å². The first kappa shape index (κ1) is 21.1. The van der Waals surface area contributed by atoms with Crippen molar-refractivity contribution in [2.24, 2.45) is 5.92 Å². The predicted octanol–water partition coefficient (Wildman–Crippen LogP) is 4.02. The number of nitrogens with one attached hydrogen (secondary N) is 2. The first-order valence-electron chi connectivity index (χ1n) is 11.2. The fourth-order valence-corrected chi connectivity index (χ4v) is 5.18. The lowest BCUT2D eigenvalue weighted by molar-refractivity contribution is 0.222. The number of likely N-dealkylation sites (tertiary alicyclic amines) is 1. The number of carbonyl (C=O) groups is 1. The second kappa shape index (κ2) is 10.3. The van der Waals surface area contributed by atoms with Crippen LogP contribution in [0.2, 0.25) is 0 Å². The summed E-state index contributed by atoms with van der Waals surface area (Å²) in [6.07, 6.45) is 6.83. The van der Waals surface area contributed by atoms with Crippen LogP contribution in [0.4, 0.5) is 10.6 Å². The zero-order valence-electron chi connectivity index (χ0n) is 17.8. The summed E-state index contributed by atoms with van der Waals surface area (Å²) in [4.78, 5) is 23.2. The van der Waals surface area contributed by atoms with E-state index in [2.05, 4.69) is 62.0 Å². The quantitative estimate of drug-likeness (QED) is 0.701. The van der Waals surface area contributed by atoms with Gasteiger partial charge in [0.1, 0.15) is 5.82 Å². The van der Waals surface area contributed by atoms with Crippen LogP contribution >= 0.6 is 11.3 Å². The molecule has 2 amide bonds. The lowest BCUT2D eigenvalue weighted by Gasteiger charge is -2.31. The van der Waals surface area contributed by atoms with Crippen molar-refractivity contribution in [2.75, 3.05) is 37.6 Å². The number of nitrogens with zero attached hydrogens (tertiary/aromatic N) is 3. The fourth-order valence-electron chi connectivity index (χ4n) is 4.32. The van der Waals surface area contributed by atoms with Gasteiger partial charge in [0.2, 0.25) is 0 Å². The van der Waals surface area contributed by atoms with Gasteiger partial charge < -0.3 is 15.5 Å². The van der Waals surface area contributed by atoms with Crippen LogP contribution in [0.3, 0.4) is 0 Å². The third kappa shape index (κ3) is 5.52. The van der Waals surface area contributed by atoms with Gasteiger partial charge in [-0.2, -0.15) is 0 Å². The molecule has 1 atom stereocenters. The molecule has 0 aliphatic carbocycles. The standard InChI is InChI=1S/C23H33N5OS/c1-18-8-12-28(13-9-18)22-7-6-19(15-24-22)16-25-23(29)26-17-20(21-5-4-14-30-21)27-10-2-3-11-27/h4-7,14-15,18,20H,2-3,8-13,16-17H2,1H3,(H2,25,26,29). The number of hydrogen-bond acceptors (Lipinski definition) is 5. The minimum atomic E-state index is -0.121. The SMILES string of the molecule is CC1CCN(c2ccc(CNC(=O)NCC(c3cccs3)N3CCCC3)cn2)CC1. The van der Waals surface area contributed by atoms with Gasteiger partial charge in [-0.05, 0) is 67.8 Å². The van der Waals surface area contributed by atoms with E-state index in [4.69, 9.17) is 0 Å². The average Bonchev–Trinajstić information content (AvgIpc) is 3.49. The van der Waals surface area contributed by atoms with E-state index in [0.29, 0.717) is 13.1 Å². The van der Waals surface area contributed by atoms with Gasteiger partial charge in [-0.1, -0.05) is 19.1 Å². The van der Waals surface area contributed by atoms with Crippen molar-refractivity contribution in [2.45, 2.75) is 45.2 Å². The molecule has 0 saturated carbocycles. The number of amides is 2. The Labute approximate surface area is 183 Å². The van der Waals surface area contributed by atoms with E-state index in [0.717, 1.165) is 43.5 Å². The maximum Gasteiger partial charge on any atom is 0.315 e. The maximum absolute atomic E-state index is 12.4.